The van der Waals surface area contributed by atoms with Gasteiger partial charge in [0.1, 0.15) is 5.82 Å². The number of hydrogen-bond donors (Lipinski definition) is 1. The van der Waals surface area contributed by atoms with Gasteiger partial charge >= 0.3 is 0 Å². The molecule has 0 fully saturated rings. The molecule has 0 aliphatic carbocycles. The van der Waals surface area contributed by atoms with Crippen LogP contribution in [0.3, 0.4) is 0 Å². The van der Waals surface area contributed by atoms with Gasteiger partial charge in [-0.05, 0) is 55.3 Å². The summed E-state index contributed by atoms with van der Waals surface area (Å²) >= 11 is 1.37. The first-order valence-electron chi connectivity index (χ1n) is 9.90. The van der Waals surface area contributed by atoms with E-state index >= 15 is 0 Å². The van der Waals surface area contributed by atoms with Crippen molar-refractivity contribution >= 4 is 23.4 Å². The molecule has 1 aromatic heterocycles. The van der Waals surface area contributed by atoms with Gasteiger partial charge in [-0.1, -0.05) is 54.2 Å². The minimum absolute atomic E-state index is 0.173. The van der Waals surface area contributed by atoms with E-state index in [1.807, 2.05) is 41.1 Å². The highest BCUT2D eigenvalue weighted by Gasteiger charge is 2.15. The van der Waals surface area contributed by atoms with E-state index in [-0.39, 0.29) is 17.5 Å². The van der Waals surface area contributed by atoms with E-state index < -0.39 is 0 Å². The van der Waals surface area contributed by atoms with Crippen molar-refractivity contribution in [1.82, 2.24) is 9.55 Å². The lowest BCUT2D eigenvalue weighted by Crippen LogP contribution is -2.14. The van der Waals surface area contributed by atoms with E-state index in [1.54, 1.807) is 12.1 Å². The minimum atomic E-state index is -0.337. The van der Waals surface area contributed by atoms with Crippen LogP contribution in [0.15, 0.2) is 84.1 Å². The summed E-state index contributed by atoms with van der Waals surface area (Å²) in [7, 11) is 0. The van der Waals surface area contributed by atoms with Crippen LogP contribution in [0.25, 0.3) is 16.9 Å². The third kappa shape index (κ3) is 5.03. The fourth-order valence-corrected chi connectivity index (χ4v) is 4.01. The zero-order valence-electron chi connectivity index (χ0n) is 17.3. The quantitative estimate of drug-likeness (QED) is 0.379. The van der Waals surface area contributed by atoms with Crippen molar-refractivity contribution in [3.05, 3.63) is 95.9 Å². The number of imidazole rings is 1. The summed E-state index contributed by atoms with van der Waals surface area (Å²) in [6.07, 6.45) is 2.01. The van der Waals surface area contributed by atoms with Crippen molar-refractivity contribution in [3.8, 4) is 16.9 Å². The van der Waals surface area contributed by atoms with Crippen molar-refractivity contribution in [2.75, 3.05) is 11.1 Å². The lowest BCUT2D eigenvalue weighted by molar-refractivity contribution is -0.113. The molecule has 156 valence electrons. The van der Waals surface area contributed by atoms with E-state index in [0.717, 1.165) is 33.2 Å². The Morgan fingerprint density at radius 1 is 1.03 bits per heavy atom. The van der Waals surface area contributed by atoms with Gasteiger partial charge in [0, 0.05) is 17.4 Å². The van der Waals surface area contributed by atoms with Crippen LogP contribution in [-0.4, -0.2) is 21.2 Å². The number of halogens is 1. The third-order valence-corrected chi connectivity index (χ3v) is 5.78. The molecule has 0 unspecified atom stereocenters. The number of aryl methyl sites for hydroxylation is 2. The normalized spacial score (nSPS) is 10.8. The molecule has 0 saturated heterocycles. The van der Waals surface area contributed by atoms with Gasteiger partial charge in [0.15, 0.2) is 5.16 Å². The Kier molecular flexibility index (Phi) is 6.18. The number of carbonyl (C=O) groups is 1. The summed E-state index contributed by atoms with van der Waals surface area (Å²) in [6, 6.07) is 22.0. The number of thioether (sulfide) groups is 1. The summed E-state index contributed by atoms with van der Waals surface area (Å²) in [5, 5.41) is 3.53. The van der Waals surface area contributed by atoms with Crippen LogP contribution in [0.2, 0.25) is 0 Å². The maximum Gasteiger partial charge on any atom is 0.234 e. The molecule has 4 rings (SSSR count). The number of benzene rings is 3. The highest BCUT2D eigenvalue weighted by Crippen LogP contribution is 2.29. The molecule has 1 N–H and O–H groups in total. The molecule has 0 saturated carbocycles. The molecule has 0 aliphatic rings. The summed E-state index contributed by atoms with van der Waals surface area (Å²) in [4.78, 5) is 17.3. The number of nitrogens with zero attached hydrogens (tertiary/aromatic N) is 2. The molecular formula is C25H22FN3OS. The first-order valence-corrected chi connectivity index (χ1v) is 10.9. The molecule has 4 aromatic rings. The van der Waals surface area contributed by atoms with Crippen LogP contribution in [-0.2, 0) is 4.79 Å². The van der Waals surface area contributed by atoms with Crippen molar-refractivity contribution in [3.63, 3.8) is 0 Å². The van der Waals surface area contributed by atoms with Gasteiger partial charge in [0.25, 0.3) is 0 Å². The van der Waals surface area contributed by atoms with Crippen LogP contribution >= 0.6 is 11.8 Å². The second-order valence-corrected chi connectivity index (χ2v) is 8.22. The molecular weight excluding hydrogens is 409 g/mol. The maximum absolute atomic E-state index is 13.1. The van der Waals surface area contributed by atoms with Gasteiger partial charge in [-0.2, -0.15) is 0 Å². The largest absolute Gasteiger partial charge is 0.325 e. The van der Waals surface area contributed by atoms with Crippen molar-refractivity contribution in [2.45, 2.75) is 19.0 Å². The van der Waals surface area contributed by atoms with E-state index in [4.69, 9.17) is 4.98 Å². The number of anilines is 1. The average molecular weight is 432 g/mol. The smallest absolute Gasteiger partial charge is 0.234 e. The van der Waals surface area contributed by atoms with Gasteiger partial charge in [0.05, 0.1) is 17.1 Å². The summed E-state index contributed by atoms with van der Waals surface area (Å²) in [6.45, 7) is 4.12. The number of rotatable bonds is 6. The zero-order valence-corrected chi connectivity index (χ0v) is 18.1. The monoisotopic (exact) mass is 431 g/mol. The molecule has 1 amide bonds. The zero-order chi connectivity index (χ0) is 21.8. The first kappa shape index (κ1) is 20.9. The molecule has 31 heavy (non-hydrogen) atoms. The summed E-state index contributed by atoms with van der Waals surface area (Å²) in [5.74, 6) is -0.322. The average Bonchev–Trinajstić information content (AvgIpc) is 3.20. The fourth-order valence-electron chi connectivity index (χ4n) is 3.23. The second kappa shape index (κ2) is 9.18. The number of nitrogens with one attached hydrogen (secondary N) is 1. The molecule has 0 aliphatic heterocycles. The molecule has 4 nitrogen and oxygen atoms in total. The molecule has 0 bridgehead atoms. The predicted octanol–water partition coefficient (Wildman–Crippen LogP) is 6.03. The molecule has 0 atom stereocenters. The van der Waals surface area contributed by atoms with Crippen LogP contribution in [0.5, 0.6) is 0 Å². The minimum Gasteiger partial charge on any atom is -0.325 e. The number of amides is 1. The fraction of sp³-hybridized carbons (Fsp3) is 0.120. The highest BCUT2D eigenvalue weighted by molar-refractivity contribution is 7.99. The molecule has 1 heterocycles. The number of hydrogen-bond acceptors (Lipinski definition) is 3. The van der Waals surface area contributed by atoms with Gasteiger partial charge in [-0.3, -0.25) is 9.36 Å². The van der Waals surface area contributed by atoms with Crippen LogP contribution < -0.4 is 5.32 Å². The lowest BCUT2D eigenvalue weighted by atomic mass is 10.1. The van der Waals surface area contributed by atoms with Crippen LogP contribution in [0.4, 0.5) is 10.1 Å². The highest BCUT2D eigenvalue weighted by atomic mass is 32.2. The van der Waals surface area contributed by atoms with Crippen LogP contribution in [0.1, 0.15) is 11.1 Å². The number of carbonyl (C=O) groups excluding carboxylic acids is 1. The lowest BCUT2D eigenvalue weighted by Gasteiger charge is -2.11. The maximum atomic E-state index is 13.1. The topological polar surface area (TPSA) is 46.9 Å². The Labute approximate surface area is 185 Å². The predicted molar refractivity (Wildman–Crippen MR) is 124 cm³/mol. The van der Waals surface area contributed by atoms with Crippen LogP contribution in [0, 0.1) is 19.7 Å². The van der Waals surface area contributed by atoms with Crippen molar-refractivity contribution in [1.29, 1.82) is 0 Å². The Hall–Kier alpha value is -3.38. The van der Waals surface area contributed by atoms with E-state index in [2.05, 4.69) is 37.4 Å². The van der Waals surface area contributed by atoms with E-state index in [9.17, 15) is 9.18 Å². The van der Waals surface area contributed by atoms with Gasteiger partial charge in [0.2, 0.25) is 5.91 Å². The van der Waals surface area contributed by atoms with Gasteiger partial charge in [-0.25, -0.2) is 9.37 Å². The molecule has 0 spiro atoms. The Bertz CT molecular complexity index is 1200. The van der Waals surface area contributed by atoms with E-state index in [0.29, 0.717) is 5.69 Å². The molecule has 0 radical (unpaired) electrons. The Morgan fingerprint density at radius 3 is 2.52 bits per heavy atom. The Balaban J connectivity index is 1.60. The van der Waals surface area contributed by atoms with E-state index in [1.165, 1.54) is 23.9 Å². The number of aromatic nitrogens is 2. The van der Waals surface area contributed by atoms with Gasteiger partial charge < -0.3 is 5.32 Å². The summed E-state index contributed by atoms with van der Waals surface area (Å²) < 4.78 is 15.1. The first-order chi connectivity index (χ1) is 15.0. The SMILES string of the molecule is Cc1ccc(C)c(-n2cc(-c3ccccc3)nc2SCC(=O)Nc2ccc(F)cc2)c1. The summed E-state index contributed by atoms with van der Waals surface area (Å²) in [5.41, 5.74) is 5.75. The second-order valence-electron chi connectivity index (χ2n) is 7.28. The van der Waals surface area contributed by atoms with Gasteiger partial charge in [-0.15, -0.1) is 0 Å². The van der Waals surface area contributed by atoms with Crippen molar-refractivity contribution in [2.24, 2.45) is 0 Å². The standard InChI is InChI=1S/C25H22FN3OS/c1-17-8-9-18(2)23(14-17)29-15-22(19-6-4-3-5-7-19)28-25(29)31-16-24(30)27-21-12-10-20(26)11-13-21/h3-15H,16H2,1-2H3,(H,27,30). The van der Waals surface area contributed by atoms with Crippen molar-refractivity contribution < 1.29 is 9.18 Å². The molecule has 6 heteroatoms. The molecule has 3 aromatic carbocycles. The Morgan fingerprint density at radius 2 is 1.77 bits per heavy atom. The third-order valence-electron chi connectivity index (χ3n) is 4.83.